The van der Waals surface area contributed by atoms with Gasteiger partial charge in [-0.15, -0.1) is 0 Å². The van der Waals surface area contributed by atoms with Crippen LogP contribution in [0.2, 0.25) is 0 Å². The van der Waals surface area contributed by atoms with Crippen LogP contribution in [0.4, 0.5) is 5.69 Å². The van der Waals surface area contributed by atoms with Crippen LogP contribution in [0.5, 0.6) is 0 Å². The third-order valence-corrected chi connectivity index (χ3v) is 5.72. The van der Waals surface area contributed by atoms with Gasteiger partial charge in [-0.1, -0.05) is 42.5 Å². The number of nitrogens with zero attached hydrogens (tertiary/aromatic N) is 2. The number of carbonyl (C=O) groups excluding carboxylic acids is 1. The Kier molecular flexibility index (Phi) is 6.16. The molecule has 0 aliphatic rings. The van der Waals surface area contributed by atoms with Gasteiger partial charge in [-0.25, -0.2) is 4.98 Å². The molecule has 0 fully saturated rings. The number of hydrogen-bond acceptors (Lipinski definition) is 5. The maximum atomic E-state index is 12.6. The van der Waals surface area contributed by atoms with Crippen LogP contribution in [0.1, 0.15) is 10.4 Å². The molecule has 0 unspecified atom stereocenters. The molecule has 3 aromatic carbocycles. The van der Waals surface area contributed by atoms with E-state index in [2.05, 4.69) is 36.5 Å². The fraction of sp³-hybridized carbons (Fsp3) is 0. The first-order valence-electron chi connectivity index (χ1n) is 10.3. The first kappa shape index (κ1) is 21.9. The lowest BCUT2D eigenvalue weighted by atomic mass is 10.0. The average molecular weight is 529 g/mol. The summed E-state index contributed by atoms with van der Waals surface area (Å²) in [5.74, 6) is 0.180. The number of rotatable bonds is 4. The number of thiocarbonyl (C=S) groups is 1. The number of carbonyl (C=O) groups is 1. The quantitative estimate of drug-likeness (QED) is 0.261. The lowest BCUT2D eigenvalue weighted by Gasteiger charge is -2.10. The molecule has 5 rings (SSSR count). The second kappa shape index (κ2) is 9.54. The summed E-state index contributed by atoms with van der Waals surface area (Å²) in [5, 5.41) is 5.93. The summed E-state index contributed by atoms with van der Waals surface area (Å²) >= 11 is 8.73. The number of pyridine rings is 1. The molecule has 0 aliphatic heterocycles. The fourth-order valence-corrected chi connectivity index (χ4v) is 4.02. The zero-order chi connectivity index (χ0) is 23.5. The molecule has 6 nitrogen and oxygen atoms in total. The summed E-state index contributed by atoms with van der Waals surface area (Å²) in [6.07, 6.45) is 3.38. The number of anilines is 1. The SMILES string of the molecule is O=C(NC(=S)Nc1ccc2oc(-c3cncc(Br)c3)nc2c1)c1ccc(-c2ccccc2)cc1. The number of nitrogens with one attached hydrogen (secondary N) is 2. The fourth-order valence-electron chi connectivity index (χ4n) is 3.44. The van der Waals surface area contributed by atoms with Gasteiger partial charge in [0.15, 0.2) is 10.7 Å². The number of oxazole rings is 1. The minimum absolute atomic E-state index is 0.191. The van der Waals surface area contributed by atoms with E-state index in [9.17, 15) is 4.79 Å². The molecular weight excluding hydrogens is 512 g/mol. The topological polar surface area (TPSA) is 80.0 Å². The van der Waals surface area contributed by atoms with Gasteiger partial charge in [0, 0.05) is 28.1 Å². The van der Waals surface area contributed by atoms with Crippen molar-refractivity contribution in [2.24, 2.45) is 0 Å². The van der Waals surface area contributed by atoms with Gasteiger partial charge in [-0.3, -0.25) is 15.1 Å². The number of benzene rings is 3. The molecule has 1 amide bonds. The smallest absolute Gasteiger partial charge is 0.257 e. The molecule has 0 saturated heterocycles. The van der Waals surface area contributed by atoms with E-state index in [1.54, 1.807) is 36.7 Å². The van der Waals surface area contributed by atoms with E-state index in [1.165, 1.54) is 0 Å². The Morgan fingerprint density at radius 3 is 2.41 bits per heavy atom. The Morgan fingerprint density at radius 2 is 1.65 bits per heavy atom. The summed E-state index contributed by atoms with van der Waals surface area (Å²) in [7, 11) is 0. The molecule has 0 aliphatic carbocycles. The van der Waals surface area contributed by atoms with Crippen molar-refractivity contribution in [3.63, 3.8) is 0 Å². The van der Waals surface area contributed by atoms with Crippen LogP contribution in [-0.2, 0) is 0 Å². The molecule has 2 heterocycles. The standard InChI is InChI=1S/C26H17BrN4O2S/c27-20-12-19(14-28-15-20)25-30-22-13-21(10-11-23(22)33-25)29-26(34)31-24(32)18-8-6-17(7-9-18)16-4-2-1-3-5-16/h1-15H,(H2,29,31,32,34). The van der Waals surface area contributed by atoms with Crippen LogP contribution in [0.3, 0.4) is 0 Å². The molecule has 0 atom stereocenters. The van der Waals surface area contributed by atoms with Gasteiger partial charge in [-0.2, -0.15) is 0 Å². The molecule has 2 aromatic heterocycles. The Morgan fingerprint density at radius 1 is 0.882 bits per heavy atom. The lowest BCUT2D eigenvalue weighted by Crippen LogP contribution is -2.34. The van der Waals surface area contributed by atoms with Crippen LogP contribution >= 0.6 is 28.1 Å². The number of amides is 1. The van der Waals surface area contributed by atoms with E-state index in [4.69, 9.17) is 16.6 Å². The van der Waals surface area contributed by atoms with Gasteiger partial charge in [-0.05, 0) is 75.7 Å². The minimum Gasteiger partial charge on any atom is -0.436 e. The number of halogens is 1. The summed E-state index contributed by atoms with van der Waals surface area (Å²) in [5.41, 5.74) is 5.39. The first-order valence-corrected chi connectivity index (χ1v) is 11.5. The molecule has 0 spiro atoms. The van der Waals surface area contributed by atoms with Crippen LogP contribution in [-0.4, -0.2) is 21.0 Å². The van der Waals surface area contributed by atoms with Crippen LogP contribution in [0.15, 0.2) is 100 Å². The van der Waals surface area contributed by atoms with Crippen molar-refractivity contribution >= 4 is 56.0 Å². The average Bonchev–Trinajstić information content (AvgIpc) is 3.28. The monoisotopic (exact) mass is 528 g/mol. The first-order chi connectivity index (χ1) is 16.5. The van der Waals surface area contributed by atoms with Crippen LogP contribution in [0.25, 0.3) is 33.7 Å². The third-order valence-electron chi connectivity index (χ3n) is 5.08. The maximum absolute atomic E-state index is 12.6. The van der Waals surface area contributed by atoms with Gasteiger partial charge < -0.3 is 9.73 Å². The highest BCUT2D eigenvalue weighted by atomic mass is 79.9. The van der Waals surface area contributed by atoms with E-state index in [0.717, 1.165) is 21.2 Å². The lowest BCUT2D eigenvalue weighted by molar-refractivity contribution is 0.0977. The maximum Gasteiger partial charge on any atom is 0.257 e. The highest BCUT2D eigenvalue weighted by Gasteiger charge is 2.12. The van der Waals surface area contributed by atoms with Gasteiger partial charge >= 0.3 is 0 Å². The molecule has 8 heteroatoms. The van der Waals surface area contributed by atoms with E-state index in [-0.39, 0.29) is 11.0 Å². The second-order valence-electron chi connectivity index (χ2n) is 7.44. The van der Waals surface area contributed by atoms with Crippen molar-refractivity contribution in [3.05, 3.63) is 101 Å². The van der Waals surface area contributed by atoms with Crippen molar-refractivity contribution in [1.82, 2.24) is 15.3 Å². The molecular formula is C26H17BrN4O2S. The van der Waals surface area contributed by atoms with Crippen molar-refractivity contribution in [2.45, 2.75) is 0 Å². The minimum atomic E-state index is -0.288. The summed E-state index contributed by atoms with van der Waals surface area (Å²) in [6.45, 7) is 0. The highest BCUT2D eigenvalue weighted by molar-refractivity contribution is 9.10. The molecule has 0 bridgehead atoms. The van der Waals surface area contributed by atoms with Crippen LogP contribution < -0.4 is 10.6 Å². The van der Waals surface area contributed by atoms with E-state index in [1.807, 2.05) is 54.6 Å². The molecule has 0 saturated carbocycles. The molecule has 2 N–H and O–H groups in total. The molecule has 166 valence electrons. The summed E-state index contributed by atoms with van der Waals surface area (Å²) < 4.78 is 6.67. The van der Waals surface area contributed by atoms with E-state index >= 15 is 0 Å². The van der Waals surface area contributed by atoms with Crippen molar-refractivity contribution in [1.29, 1.82) is 0 Å². The third kappa shape index (κ3) is 4.88. The number of aromatic nitrogens is 2. The highest BCUT2D eigenvalue weighted by Crippen LogP contribution is 2.27. The van der Waals surface area contributed by atoms with Crippen molar-refractivity contribution in [3.8, 4) is 22.6 Å². The number of fused-ring (bicyclic) bond motifs is 1. The predicted molar refractivity (Wildman–Crippen MR) is 141 cm³/mol. The van der Waals surface area contributed by atoms with Crippen molar-refractivity contribution in [2.75, 3.05) is 5.32 Å². The normalized spacial score (nSPS) is 10.7. The molecule has 5 aromatic rings. The second-order valence-corrected chi connectivity index (χ2v) is 8.77. The molecule has 34 heavy (non-hydrogen) atoms. The van der Waals surface area contributed by atoms with Crippen LogP contribution in [0, 0.1) is 0 Å². The molecule has 0 radical (unpaired) electrons. The summed E-state index contributed by atoms with van der Waals surface area (Å²) in [6, 6.07) is 24.7. The summed E-state index contributed by atoms with van der Waals surface area (Å²) in [4.78, 5) is 21.3. The van der Waals surface area contributed by atoms with E-state index in [0.29, 0.717) is 28.2 Å². The Bertz CT molecular complexity index is 1500. The Labute approximate surface area is 209 Å². The van der Waals surface area contributed by atoms with Crippen molar-refractivity contribution < 1.29 is 9.21 Å². The number of hydrogen-bond donors (Lipinski definition) is 2. The Balaban J connectivity index is 1.25. The zero-order valence-electron chi connectivity index (χ0n) is 17.7. The predicted octanol–water partition coefficient (Wildman–Crippen LogP) is 6.45. The Hall–Kier alpha value is -3.88. The van der Waals surface area contributed by atoms with Gasteiger partial charge in [0.1, 0.15) is 5.52 Å². The largest absolute Gasteiger partial charge is 0.436 e. The van der Waals surface area contributed by atoms with Gasteiger partial charge in [0.25, 0.3) is 5.91 Å². The van der Waals surface area contributed by atoms with E-state index < -0.39 is 0 Å². The van der Waals surface area contributed by atoms with Gasteiger partial charge in [0.2, 0.25) is 5.89 Å². The zero-order valence-corrected chi connectivity index (χ0v) is 20.1. The van der Waals surface area contributed by atoms with Gasteiger partial charge in [0.05, 0.1) is 5.56 Å².